The van der Waals surface area contributed by atoms with Gasteiger partial charge >= 0.3 is 0 Å². The van der Waals surface area contributed by atoms with E-state index in [1.807, 2.05) is 4.68 Å². The summed E-state index contributed by atoms with van der Waals surface area (Å²) in [5.74, 6) is 0.304. The predicted molar refractivity (Wildman–Crippen MR) is 84.9 cm³/mol. The second-order valence-corrected chi connectivity index (χ2v) is 6.08. The lowest BCUT2D eigenvalue weighted by molar-refractivity contribution is 0.478. The average Bonchev–Trinajstić information content (AvgIpc) is 3.18. The molecule has 1 N–H and O–H groups in total. The molecule has 5 nitrogen and oxygen atoms in total. The molecule has 3 aromatic rings. The minimum absolute atomic E-state index is 0.170. The van der Waals surface area contributed by atoms with Gasteiger partial charge in [0.1, 0.15) is 17.0 Å². The van der Waals surface area contributed by atoms with E-state index < -0.39 is 0 Å². The van der Waals surface area contributed by atoms with Crippen molar-refractivity contribution < 1.29 is 4.39 Å². The quantitative estimate of drug-likeness (QED) is 0.808. The molecule has 1 aliphatic carbocycles. The van der Waals surface area contributed by atoms with Gasteiger partial charge in [-0.2, -0.15) is 5.10 Å². The molecule has 0 unspecified atom stereocenters. The van der Waals surface area contributed by atoms with E-state index in [0.717, 1.165) is 18.4 Å². The molecule has 6 heteroatoms. The Hall–Kier alpha value is -2.50. The lowest BCUT2D eigenvalue weighted by Crippen LogP contribution is -2.14. The maximum Gasteiger partial charge on any atom is 0.262 e. The van der Waals surface area contributed by atoms with Crippen LogP contribution in [-0.4, -0.2) is 19.7 Å². The Kier molecular flexibility index (Phi) is 3.44. The van der Waals surface area contributed by atoms with Crippen molar-refractivity contribution >= 4 is 11.0 Å². The number of benzene rings is 1. The van der Waals surface area contributed by atoms with Crippen molar-refractivity contribution in [2.24, 2.45) is 0 Å². The van der Waals surface area contributed by atoms with E-state index in [0.29, 0.717) is 29.3 Å². The molecule has 2 aromatic heterocycles. The number of hydrogen-bond acceptors (Lipinski definition) is 3. The number of halogens is 1. The fourth-order valence-electron chi connectivity index (χ4n) is 3.28. The van der Waals surface area contributed by atoms with Gasteiger partial charge in [-0.05, 0) is 30.5 Å². The third-order valence-electron chi connectivity index (χ3n) is 4.47. The Bertz CT molecular complexity index is 891. The molecule has 0 atom stereocenters. The smallest absolute Gasteiger partial charge is 0.262 e. The average molecular weight is 312 g/mol. The third-order valence-corrected chi connectivity index (χ3v) is 4.47. The van der Waals surface area contributed by atoms with Gasteiger partial charge in [-0.1, -0.05) is 25.0 Å². The van der Waals surface area contributed by atoms with Crippen LogP contribution in [0.15, 0.2) is 35.3 Å². The number of fused-ring (bicyclic) bond motifs is 1. The van der Waals surface area contributed by atoms with Crippen molar-refractivity contribution in [2.75, 3.05) is 0 Å². The van der Waals surface area contributed by atoms with Crippen LogP contribution in [0.1, 0.15) is 43.1 Å². The molecule has 0 saturated heterocycles. The molecule has 23 heavy (non-hydrogen) atoms. The zero-order valence-electron chi connectivity index (χ0n) is 12.6. The molecule has 0 bridgehead atoms. The predicted octanol–water partition coefficient (Wildman–Crippen LogP) is 2.96. The Morgan fingerprint density at radius 1 is 1.22 bits per heavy atom. The summed E-state index contributed by atoms with van der Waals surface area (Å²) in [5, 5.41) is 4.91. The minimum Gasteiger partial charge on any atom is -0.310 e. The monoisotopic (exact) mass is 312 g/mol. The summed E-state index contributed by atoms with van der Waals surface area (Å²) in [6.45, 7) is 0. The number of H-pyrrole nitrogens is 1. The molecule has 118 valence electrons. The lowest BCUT2D eigenvalue weighted by Gasteiger charge is -2.11. The van der Waals surface area contributed by atoms with Gasteiger partial charge in [-0.25, -0.2) is 14.1 Å². The molecule has 1 aromatic carbocycles. The second kappa shape index (κ2) is 5.61. The van der Waals surface area contributed by atoms with E-state index in [-0.39, 0.29) is 11.4 Å². The molecule has 0 amide bonds. The number of nitrogens with one attached hydrogen (secondary N) is 1. The topological polar surface area (TPSA) is 63.6 Å². The van der Waals surface area contributed by atoms with Crippen molar-refractivity contribution in [3.63, 3.8) is 0 Å². The highest BCUT2D eigenvalue weighted by atomic mass is 19.1. The fourth-order valence-corrected chi connectivity index (χ4v) is 3.28. The Balaban J connectivity index is 1.74. The van der Waals surface area contributed by atoms with Crippen LogP contribution in [0.4, 0.5) is 4.39 Å². The van der Waals surface area contributed by atoms with E-state index >= 15 is 0 Å². The highest BCUT2D eigenvalue weighted by Crippen LogP contribution is 2.30. The first-order valence-corrected chi connectivity index (χ1v) is 7.91. The van der Waals surface area contributed by atoms with Crippen LogP contribution in [-0.2, 0) is 6.42 Å². The van der Waals surface area contributed by atoms with Crippen molar-refractivity contribution in [2.45, 2.75) is 38.1 Å². The van der Waals surface area contributed by atoms with Crippen LogP contribution in [0.25, 0.3) is 11.0 Å². The highest BCUT2D eigenvalue weighted by molar-refractivity contribution is 5.73. The van der Waals surface area contributed by atoms with Crippen molar-refractivity contribution in [3.05, 3.63) is 58.0 Å². The Labute approximate surface area is 132 Å². The van der Waals surface area contributed by atoms with Crippen LogP contribution in [0.5, 0.6) is 0 Å². The van der Waals surface area contributed by atoms with Gasteiger partial charge < -0.3 is 4.98 Å². The zero-order valence-corrected chi connectivity index (χ0v) is 12.6. The normalized spacial score (nSPS) is 15.5. The lowest BCUT2D eigenvalue weighted by atomic mass is 10.1. The summed E-state index contributed by atoms with van der Waals surface area (Å²) in [6.07, 6.45) is 6.61. The summed E-state index contributed by atoms with van der Waals surface area (Å²) >= 11 is 0. The summed E-state index contributed by atoms with van der Waals surface area (Å²) in [7, 11) is 0. The third kappa shape index (κ3) is 2.65. The van der Waals surface area contributed by atoms with Gasteiger partial charge in [0.15, 0.2) is 5.65 Å². The largest absolute Gasteiger partial charge is 0.310 e. The first kappa shape index (κ1) is 14.1. The maximum atomic E-state index is 13.0. The van der Waals surface area contributed by atoms with Crippen molar-refractivity contribution in [1.29, 1.82) is 0 Å². The zero-order chi connectivity index (χ0) is 15.8. The maximum absolute atomic E-state index is 13.0. The van der Waals surface area contributed by atoms with Gasteiger partial charge in [0.2, 0.25) is 0 Å². The van der Waals surface area contributed by atoms with E-state index in [1.165, 1.54) is 25.0 Å². The second-order valence-electron chi connectivity index (χ2n) is 6.08. The molecule has 4 rings (SSSR count). The molecule has 1 aliphatic rings. The summed E-state index contributed by atoms with van der Waals surface area (Å²) in [5.41, 5.74) is 1.38. The van der Waals surface area contributed by atoms with Crippen molar-refractivity contribution in [3.8, 4) is 0 Å². The van der Waals surface area contributed by atoms with Crippen LogP contribution >= 0.6 is 0 Å². The molecule has 2 heterocycles. The number of aromatic nitrogens is 4. The van der Waals surface area contributed by atoms with E-state index in [2.05, 4.69) is 15.1 Å². The first-order valence-electron chi connectivity index (χ1n) is 7.91. The number of rotatable bonds is 3. The van der Waals surface area contributed by atoms with Crippen LogP contribution in [0.2, 0.25) is 0 Å². The Morgan fingerprint density at radius 3 is 2.70 bits per heavy atom. The highest BCUT2D eigenvalue weighted by Gasteiger charge is 2.21. The molecular formula is C17H17FN4O. The fraction of sp³-hybridized carbons (Fsp3) is 0.353. The molecule has 0 radical (unpaired) electrons. The molecule has 1 fully saturated rings. The van der Waals surface area contributed by atoms with Crippen LogP contribution < -0.4 is 5.56 Å². The molecule has 0 aliphatic heterocycles. The SMILES string of the molecule is O=c1[nH]c(Cc2ccc(F)cc2)nc2c1cnn2C1CCCC1. The van der Waals surface area contributed by atoms with Gasteiger partial charge in [-0.3, -0.25) is 4.79 Å². The van der Waals surface area contributed by atoms with Gasteiger partial charge in [-0.15, -0.1) is 0 Å². The summed E-state index contributed by atoms with van der Waals surface area (Å²) in [4.78, 5) is 19.7. The van der Waals surface area contributed by atoms with E-state index in [1.54, 1.807) is 18.3 Å². The van der Waals surface area contributed by atoms with E-state index in [9.17, 15) is 9.18 Å². The molecular weight excluding hydrogens is 295 g/mol. The van der Waals surface area contributed by atoms with Gasteiger partial charge in [0.25, 0.3) is 5.56 Å². The molecule has 1 saturated carbocycles. The summed E-state index contributed by atoms with van der Waals surface area (Å²) < 4.78 is 14.9. The number of nitrogens with zero attached hydrogens (tertiary/aromatic N) is 3. The van der Waals surface area contributed by atoms with Gasteiger partial charge in [0, 0.05) is 6.42 Å². The van der Waals surface area contributed by atoms with Gasteiger partial charge in [0.05, 0.1) is 12.2 Å². The first-order chi connectivity index (χ1) is 11.2. The number of aromatic amines is 1. The van der Waals surface area contributed by atoms with Crippen LogP contribution in [0, 0.1) is 5.82 Å². The molecule has 0 spiro atoms. The minimum atomic E-state index is -0.273. The van der Waals surface area contributed by atoms with E-state index in [4.69, 9.17) is 0 Å². The van der Waals surface area contributed by atoms with Crippen LogP contribution in [0.3, 0.4) is 0 Å². The standard InChI is InChI=1S/C17H17FN4O/c18-12-7-5-11(6-8-12)9-15-20-16-14(17(23)21-15)10-19-22(16)13-3-1-2-4-13/h5-8,10,13H,1-4,9H2,(H,20,21,23). The summed E-state index contributed by atoms with van der Waals surface area (Å²) in [6, 6.07) is 6.56. The number of hydrogen-bond donors (Lipinski definition) is 1. The van der Waals surface area contributed by atoms with Crippen molar-refractivity contribution in [1.82, 2.24) is 19.7 Å². The Morgan fingerprint density at radius 2 is 1.96 bits per heavy atom.